The molecule has 0 fully saturated rings. The van der Waals surface area contributed by atoms with Gasteiger partial charge in [0, 0.05) is 5.41 Å². The van der Waals surface area contributed by atoms with Crippen molar-refractivity contribution in [3.05, 3.63) is 25.6 Å². The van der Waals surface area contributed by atoms with Crippen LogP contribution in [0.4, 0.5) is 0 Å². The number of hydrogen-bond acceptors (Lipinski definition) is 4. The van der Waals surface area contributed by atoms with Gasteiger partial charge in [-0.3, -0.25) is 0 Å². The summed E-state index contributed by atoms with van der Waals surface area (Å²) in [7, 11) is 0. The third-order valence-electron chi connectivity index (χ3n) is 1.99. The van der Waals surface area contributed by atoms with Gasteiger partial charge in [-0.25, -0.2) is 0 Å². The van der Waals surface area contributed by atoms with E-state index in [1.54, 1.807) is 12.4 Å². The Hall–Kier alpha value is -0.840. The van der Waals surface area contributed by atoms with E-state index in [-0.39, 0.29) is 19.8 Å². The van der Waals surface area contributed by atoms with Crippen molar-refractivity contribution in [1.82, 2.24) is 5.32 Å². The lowest BCUT2D eigenvalue weighted by Crippen LogP contribution is -2.32. The van der Waals surface area contributed by atoms with Gasteiger partial charge in [-0.1, -0.05) is 20.1 Å². The molecule has 0 rings (SSSR count). The largest absolute Gasteiger partial charge is 0.396 e. The molecule has 0 radical (unpaired) electrons. The highest BCUT2D eigenvalue weighted by Crippen LogP contribution is 2.18. The maximum Gasteiger partial charge on any atom is 0.0531 e. The number of aliphatic hydroxyl groups excluding tert-OH is 3. The molecule has 0 heterocycles. The predicted octanol–water partition coefficient (Wildman–Crippen LogP) is 0.223. The van der Waals surface area contributed by atoms with E-state index in [1.807, 2.05) is 6.92 Å². The van der Waals surface area contributed by atoms with Gasteiger partial charge in [0.15, 0.2) is 0 Å². The van der Waals surface area contributed by atoms with Crippen molar-refractivity contribution in [1.29, 1.82) is 0 Å². The molecule has 14 heavy (non-hydrogen) atoms. The van der Waals surface area contributed by atoms with Crippen LogP contribution in [-0.4, -0.2) is 35.1 Å². The highest BCUT2D eigenvalue weighted by Gasteiger charge is 2.24. The van der Waals surface area contributed by atoms with Crippen molar-refractivity contribution in [2.45, 2.75) is 13.3 Å². The fraction of sp³-hybridized carbons (Fsp3) is 0.600. The maximum absolute atomic E-state index is 8.66. The fourth-order valence-electron chi connectivity index (χ4n) is 0.569. The lowest BCUT2D eigenvalue weighted by atomic mass is 9.88. The molecule has 0 aliphatic carbocycles. The molecule has 0 saturated carbocycles. The van der Waals surface area contributed by atoms with Crippen molar-refractivity contribution in [3.63, 3.8) is 0 Å². The van der Waals surface area contributed by atoms with Crippen LogP contribution in [-0.2, 0) is 0 Å². The van der Waals surface area contributed by atoms with Crippen LogP contribution < -0.4 is 5.32 Å². The van der Waals surface area contributed by atoms with Crippen LogP contribution >= 0.6 is 0 Å². The molecule has 0 bridgehead atoms. The minimum absolute atomic E-state index is 0.156. The van der Waals surface area contributed by atoms with E-state index in [0.717, 1.165) is 0 Å². The summed E-state index contributed by atoms with van der Waals surface area (Å²) in [5.74, 6) is 0. The molecule has 0 aromatic carbocycles. The van der Waals surface area contributed by atoms with Crippen LogP contribution in [0.15, 0.2) is 25.6 Å². The van der Waals surface area contributed by atoms with Crippen LogP contribution in [0.2, 0.25) is 0 Å². The summed E-state index contributed by atoms with van der Waals surface area (Å²) in [4.78, 5) is 0. The number of nitrogens with one attached hydrogen (secondary N) is 1. The summed E-state index contributed by atoms with van der Waals surface area (Å²) in [6.45, 7) is 8.09. The van der Waals surface area contributed by atoms with Gasteiger partial charge in [-0.15, -0.1) is 0 Å². The smallest absolute Gasteiger partial charge is 0.0531 e. The Kier molecular flexibility index (Phi) is 11.4. The van der Waals surface area contributed by atoms with Gasteiger partial charge in [0.25, 0.3) is 0 Å². The number of hydrogen-bond donors (Lipinski definition) is 4. The van der Waals surface area contributed by atoms with Crippen molar-refractivity contribution >= 4 is 0 Å². The molecule has 0 aromatic heterocycles. The summed E-state index contributed by atoms with van der Waals surface area (Å²) in [6, 6.07) is 0. The van der Waals surface area contributed by atoms with E-state index >= 15 is 0 Å². The van der Waals surface area contributed by atoms with Crippen molar-refractivity contribution in [2.75, 3.05) is 19.8 Å². The molecular weight excluding hydrogens is 182 g/mol. The van der Waals surface area contributed by atoms with Crippen molar-refractivity contribution < 1.29 is 15.3 Å². The Morgan fingerprint density at radius 3 is 1.43 bits per heavy atom. The van der Waals surface area contributed by atoms with Crippen LogP contribution in [0.5, 0.6) is 0 Å². The zero-order chi connectivity index (χ0) is 11.4. The summed E-state index contributed by atoms with van der Waals surface area (Å²) < 4.78 is 0. The SMILES string of the molecule is C=CNC=C.CCC(CO)(CO)CO. The van der Waals surface area contributed by atoms with Crippen LogP contribution in [0, 0.1) is 5.41 Å². The second kappa shape index (κ2) is 10.2. The van der Waals surface area contributed by atoms with Gasteiger partial charge in [0.1, 0.15) is 0 Å². The summed E-state index contributed by atoms with van der Waals surface area (Å²) >= 11 is 0. The third-order valence-corrected chi connectivity index (χ3v) is 1.99. The zero-order valence-corrected chi connectivity index (χ0v) is 8.74. The van der Waals surface area contributed by atoms with Gasteiger partial charge in [0.05, 0.1) is 19.8 Å². The first kappa shape index (κ1) is 15.6. The average molecular weight is 203 g/mol. The first-order valence-corrected chi connectivity index (χ1v) is 4.46. The van der Waals surface area contributed by atoms with Crippen molar-refractivity contribution in [3.8, 4) is 0 Å². The molecule has 0 amide bonds. The molecule has 4 nitrogen and oxygen atoms in total. The van der Waals surface area contributed by atoms with Crippen LogP contribution in [0.1, 0.15) is 13.3 Å². The Morgan fingerprint density at radius 2 is 1.43 bits per heavy atom. The van der Waals surface area contributed by atoms with Gasteiger partial charge in [-0.2, -0.15) is 0 Å². The highest BCUT2D eigenvalue weighted by molar-refractivity contribution is 4.74. The molecule has 0 aromatic rings. The van der Waals surface area contributed by atoms with E-state index in [0.29, 0.717) is 6.42 Å². The maximum atomic E-state index is 8.66. The Balaban J connectivity index is 0. The zero-order valence-electron chi connectivity index (χ0n) is 8.74. The summed E-state index contributed by atoms with van der Waals surface area (Å²) in [5, 5.41) is 28.6. The quantitative estimate of drug-likeness (QED) is 0.498. The lowest BCUT2D eigenvalue weighted by Gasteiger charge is -2.24. The van der Waals surface area contributed by atoms with Crippen molar-refractivity contribution in [2.24, 2.45) is 5.41 Å². The number of aliphatic hydroxyl groups is 3. The molecule has 0 aliphatic rings. The Labute approximate surface area is 85.6 Å². The second-order valence-corrected chi connectivity index (χ2v) is 2.90. The fourth-order valence-corrected chi connectivity index (χ4v) is 0.569. The first-order chi connectivity index (χ1) is 6.66. The standard InChI is InChI=1S/C6H14O3.C4H7N/c1-2-6(3-7,4-8)5-9;1-3-5-4-2/h7-9H,2-5H2,1H3;3-5H,1-2H2. The highest BCUT2D eigenvalue weighted by atomic mass is 16.3. The van der Waals surface area contributed by atoms with Gasteiger partial charge in [-0.05, 0) is 18.8 Å². The normalized spacial score (nSPS) is 9.71. The molecule has 0 spiro atoms. The monoisotopic (exact) mass is 203 g/mol. The molecule has 4 N–H and O–H groups in total. The van der Waals surface area contributed by atoms with Crippen LogP contribution in [0.25, 0.3) is 0 Å². The van der Waals surface area contributed by atoms with Crippen LogP contribution in [0.3, 0.4) is 0 Å². The van der Waals surface area contributed by atoms with E-state index in [9.17, 15) is 0 Å². The summed E-state index contributed by atoms with van der Waals surface area (Å²) in [6.07, 6.45) is 3.72. The van der Waals surface area contributed by atoms with Gasteiger partial charge < -0.3 is 20.6 Å². The molecule has 0 unspecified atom stereocenters. The Morgan fingerprint density at radius 1 is 1.07 bits per heavy atom. The van der Waals surface area contributed by atoms with E-state index in [4.69, 9.17) is 15.3 Å². The lowest BCUT2D eigenvalue weighted by molar-refractivity contribution is 0.00304. The second-order valence-electron chi connectivity index (χ2n) is 2.90. The summed E-state index contributed by atoms with van der Waals surface area (Å²) in [5.41, 5.74) is -0.667. The minimum Gasteiger partial charge on any atom is -0.396 e. The molecule has 0 atom stereocenters. The molecule has 4 heteroatoms. The molecule has 0 saturated heterocycles. The molecule has 84 valence electrons. The topological polar surface area (TPSA) is 72.7 Å². The minimum atomic E-state index is -0.667. The Bertz CT molecular complexity index is 121. The first-order valence-electron chi connectivity index (χ1n) is 4.46. The average Bonchev–Trinajstić information content (AvgIpc) is 2.24. The third kappa shape index (κ3) is 6.65. The molecule has 0 aliphatic heterocycles. The van der Waals surface area contributed by atoms with E-state index in [2.05, 4.69) is 18.5 Å². The predicted molar refractivity (Wildman–Crippen MR) is 57.5 cm³/mol. The van der Waals surface area contributed by atoms with Gasteiger partial charge in [0.2, 0.25) is 0 Å². The molecular formula is C10H21NO3. The number of rotatable bonds is 6. The van der Waals surface area contributed by atoms with E-state index in [1.165, 1.54) is 0 Å². The van der Waals surface area contributed by atoms with E-state index < -0.39 is 5.41 Å². The van der Waals surface area contributed by atoms with Gasteiger partial charge >= 0.3 is 0 Å².